The third kappa shape index (κ3) is 5.77. The Balaban J connectivity index is 0.00000188. The van der Waals surface area contributed by atoms with Crippen molar-refractivity contribution in [3.63, 3.8) is 0 Å². The van der Waals surface area contributed by atoms with Crippen LogP contribution < -0.4 is 10.2 Å². The van der Waals surface area contributed by atoms with Crippen LogP contribution in [0, 0.1) is 17.8 Å². The SMILES string of the molecule is C#N.CCN1C(=O)C(NC(=O)c2cccc(C(F)(F)F)c2)C(C2CC2)c2c(C(=O)N3CCOCC3)nn(-c3ccccc3)c21. The molecule has 0 bridgehead atoms. The Kier molecular flexibility index (Phi) is 8.73. The zero-order chi connectivity index (χ0) is 31.6. The molecule has 1 aliphatic carbocycles. The van der Waals surface area contributed by atoms with Gasteiger partial charge in [0.1, 0.15) is 11.9 Å². The summed E-state index contributed by atoms with van der Waals surface area (Å²) in [5.41, 5.74) is 0.294. The molecule has 3 aromatic rings. The fourth-order valence-electron chi connectivity index (χ4n) is 5.89. The Labute approximate surface area is 252 Å². The molecule has 2 aliphatic heterocycles. The normalized spacial score (nSPS) is 19.9. The summed E-state index contributed by atoms with van der Waals surface area (Å²) in [4.78, 5) is 44.6. The Bertz CT molecular complexity index is 1560. The van der Waals surface area contributed by atoms with Gasteiger partial charge in [0, 0.05) is 43.3 Å². The maximum absolute atomic E-state index is 14.1. The highest BCUT2D eigenvalue weighted by molar-refractivity contribution is 6.07. The number of amides is 3. The Morgan fingerprint density at radius 3 is 2.36 bits per heavy atom. The standard InChI is InChI=1S/C30H30F3N5O4.CHN/c1-2-37-27-23(25(28(40)36-13-15-42-16-14-36)35-38(27)21-9-4-3-5-10-21)22(18-11-12-18)24(29(37)41)34-26(39)19-7-6-8-20(17-19)30(31,32)33;1-2/h3-10,17-18,22,24H,2,11-16H2,1H3,(H,34,39);1H. The number of fused-ring (bicyclic) bond motifs is 1. The molecule has 13 heteroatoms. The molecule has 1 saturated heterocycles. The van der Waals surface area contributed by atoms with Gasteiger partial charge in [0.05, 0.1) is 24.5 Å². The first kappa shape index (κ1) is 30.7. The molecule has 2 aromatic carbocycles. The molecule has 1 aromatic heterocycles. The van der Waals surface area contributed by atoms with Gasteiger partial charge in [-0.1, -0.05) is 24.3 Å². The van der Waals surface area contributed by atoms with E-state index in [4.69, 9.17) is 15.1 Å². The van der Waals surface area contributed by atoms with Crippen LogP contribution in [0.4, 0.5) is 19.0 Å². The minimum absolute atomic E-state index is 0.0109. The van der Waals surface area contributed by atoms with Crippen molar-refractivity contribution in [3.05, 3.63) is 77.0 Å². The van der Waals surface area contributed by atoms with Gasteiger partial charge in [-0.2, -0.15) is 18.3 Å². The first-order valence-electron chi connectivity index (χ1n) is 14.3. The minimum atomic E-state index is -4.62. The Morgan fingerprint density at radius 2 is 1.75 bits per heavy atom. The largest absolute Gasteiger partial charge is 0.416 e. The summed E-state index contributed by atoms with van der Waals surface area (Å²) in [5, 5.41) is 14.0. The number of alkyl halides is 3. The van der Waals surface area contributed by atoms with Gasteiger partial charge in [-0.05, 0) is 56.0 Å². The fourth-order valence-corrected chi connectivity index (χ4v) is 5.89. The fraction of sp³-hybridized carbons (Fsp3) is 0.387. The molecule has 6 rings (SSSR count). The predicted molar refractivity (Wildman–Crippen MR) is 153 cm³/mol. The number of morpholine rings is 1. The Hall–Kier alpha value is -4.70. The molecular weight excluding hydrogens is 577 g/mol. The van der Waals surface area contributed by atoms with Crippen molar-refractivity contribution in [3.8, 4) is 12.3 Å². The number of benzene rings is 2. The van der Waals surface area contributed by atoms with E-state index >= 15 is 0 Å². The summed E-state index contributed by atoms with van der Waals surface area (Å²) in [6, 6.07) is 12.2. The number of nitrogens with one attached hydrogen (secondary N) is 1. The quantitative estimate of drug-likeness (QED) is 0.449. The van der Waals surface area contributed by atoms with E-state index in [-0.39, 0.29) is 29.6 Å². The zero-order valence-electron chi connectivity index (χ0n) is 24.0. The molecule has 3 aliphatic rings. The minimum Gasteiger partial charge on any atom is -0.378 e. The maximum Gasteiger partial charge on any atom is 0.416 e. The van der Waals surface area contributed by atoms with E-state index in [1.807, 2.05) is 30.3 Å². The van der Waals surface area contributed by atoms with Crippen LogP contribution in [0.2, 0.25) is 0 Å². The van der Waals surface area contributed by atoms with Crippen LogP contribution >= 0.6 is 0 Å². The molecule has 1 N–H and O–H groups in total. The first-order valence-corrected chi connectivity index (χ1v) is 14.3. The van der Waals surface area contributed by atoms with Gasteiger partial charge in [0.2, 0.25) is 0 Å². The van der Waals surface area contributed by atoms with Crippen LogP contribution in [-0.2, 0) is 15.7 Å². The van der Waals surface area contributed by atoms with Gasteiger partial charge in [-0.3, -0.25) is 19.3 Å². The number of carbonyl (C=O) groups excluding carboxylic acids is 3. The number of para-hydroxylation sites is 1. The van der Waals surface area contributed by atoms with E-state index < -0.39 is 35.5 Å². The highest BCUT2D eigenvalue weighted by atomic mass is 19.4. The van der Waals surface area contributed by atoms with Crippen molar-refractivity contribution >= 4 is 23.5 Å². The number of ether oxygens (including phenoxy) is 1. The number of halogens is 3. The number of anilines is 1. The molecular formula is C31H31F3N6O4. The maximum atomic E-state index is 14.1. The van der Waals surface area contributed by atoms with Crippen molar-refractivity contribution in [2.24, 2.45) is 5.92 Å². The van der Waals surface area contributed by atoms with Gasteiger partial charge < -0.3 is 15.0 Å². The zero-order valence-corrected chi connectivity index (χ0v) is 24.0. The van der Waals surface area contributed by atoms with Crippen LogP contribution in [0.1, 0.15) is 57.7 Å². The molecule has 10 nitrogen and oxygen atoms in total. The average Bonchev–Trinajstić information content (AvgIpc) is 3.82. The molecule has 3 heterocycles. The number of rotatable bonds is 6. The van der Waals surface area contributed by atoms with Crippen molar-refractivity contribution in [2.75, 3.05) is 37.7 Å². The third-order valence-corrected chi connectivity index (χ3v) is 8.06. The molecule has 0 spiro atoms. The second-order valence-electron chi connectivity index (χ2n) is 10.7. The number of aromatic nitrogens is 2. The summed E-state index contributed by atoms with van der Waals surface area (Å²) >= 11 is 0. The van der Waals surface area contributed by atoms with E-state index in [0.29, 0.717) is 43.4 Å². The van der Waals surface area contributed by atoms with Gasteiger partial charge in [0.25, 0.3) is 17.7 Å². The number of hydrogen-bond donors (Lipinski definition) is 1. The highest BCUT2D eigenvalue weighted by Crippen LogP contribution is 2.51. The van der Waals surface area contributed by atoms with E-state index in [1.165, 1.54) is 11.0 Å². The summed E-state index contributed by atoms with van der Waals surface area (Å²) in [6.07, 6.45) is -3.07. The van der Waals surface area contributed by atoms with Crippen molar-refractivity contribution in [1.82, 2.24) is 20.0 Å². The van der Waals surface area contributed by atoms with Crippen molar-refractivity contribution in [1.29, 1.82) is 5.26 Å². The summed E-state index contributed by atoms with van der Waals surface area (Å²) in [5.74, 6) is -1.59. The molecule has 3 amide bonds. The van der Waals surface area contributed by atoms with E-state index in [1.54, 1.807) is 16.5 Å². The third-order valence-electron chi connectivity index (χ3n) is 8.06. The number of likely N-dealkylation sites (N-methyl/N-ethyl adjacent to an activating group) is 1. The van der Waals surface area contributed by atoms with Crippen LogP contribution in [0.15, 0.2) is 54.6 Å². The molecule has 0 radical (unpaired) electrons. The Morgan fingerprint density at radius 1 is 1.07 bits per heavy atom. The second kappa shape index (κ2) is 12.5. The molecule has 1 saturated carbocycles. The van der Waals surface area contributed by atoms with Gasteiger partial charge in [-0.15, -0.1) is 0 Å². The van der Waals surface area contributed by atoms with Crippen molar-refractivity contribution in [2.45, 2.75) is 37.9 Å². The lowest BCUT2D eigenvalue weighted by atomic mass is 9.82. The number of hydrogen-bond acceptors (Lipinski definition) is 6. The summed E-state index contributed by atoms with van der Waals surface area (Å²) in [7, 11) is 0. The lowest BCUT2D eigenvalue weighted by Gasteiger charge is -2.38. The topological polar surface area (TPSA) is 121 Å². The predicted octanol–water partition coefficient (Wildman–Crippen LogP) is 4.16. The van der Waals surface area contributed by atoms with E-state index in [9.17, 15) is 27.6 Å². The summed E-state index contributed by atoms with van der Waals surface area (Å²) < 4.78 is 47.1. The van der Waals surface area contributed by atoms with Gasteiger partial charge in [0.15, 0.2) is 5.69 Å². The summed E-state index contributed by atoms with van der Waals surface area (Å²) in [6.45, 7) is 7.10. The lowest BCUT2D eigenvalue weighted by molar-refractivity contribution is -0.137. The molecule has 2 atom stereocenters. The molecule has 230 valence electrons. The van der Waals surface area contributed by atoms with E-state index in [0.717, 1.165) is 31.0 Å². The van der Waals surface area contributed by atoms with Crippen LogP contribution in [0.3, 0.4) is 0 Å². The smallest absolute Gasteiger partial charge is 0.378 e. The number of carbonyl (C=O) groups is 3. The molecule has 2 unspecified atom stereocenters. The molecule has 2 fully saturated rings. The monoisotopic (exact) mass is 608 g/mol. The van der Waals surface area contributed by atoms with Gasteiger partial charge in [-0.25, -0.2) is 9.94 Å². The lowest BCUT2D eigenvalue weighted by Crippen LogP contribution is -2.56. The number of nitrogens with zero attached hydrogens (tertiary/aromatic N) is 5. The van der Waals surface area contributed by atoms with E-state index in [2.05, 4.69) is 11.9 Å². The average molecular weight is 609 g/mol. The van der Waals surface area contributed by atoms with Crippen molar-refractivity contribution < 1.29 is 32.3 Å². The molecule has 44 heavy (non-hydrogen) atoms. The van der Waals surface area contributed by atoms with Crippen LogP contribution in [0.25, 0.3) is 5.69 Å². The number of nitriles is 1. The second-order valence-corrected chi connectivity index (χ2v) is 10.7. The highest BCUT2D eigenvalue weighted by Gasteiger charge is 2.52. The van der Waals surface area contributed by atoms with Gasteiger partial charge >= 0.3 is 6.18 Å². The van der Waals surface area contributed by atoms with Crippen LogP contribution in [-0.4, -0.2) is 71.3 Å². The van der Waals surface area contributed by atoms with Crippen LogP contribution in [0.5, 0.6) is 0 Å². The first-order chi connectivity index (χ1) is 21.2.